The summed E-state index contributed by atoms with van der Waals surface area (Å²) in [6.07, 6.45) is 63.9. The van der Waals surface area contributed by atoms with Gasteiger partial charge in [-0.25, -0.2) is 9.13 Å². The highest BCUT2D eigenvalue weighted by Crippen LogP contribution is 2.45. The van der Waals surface area contributed by atoms with Crippen LogP contribution in [-0.2, 0) is 65.4 Å². The summed E-state index contributed by atoms with van der Waals surface area (Å²) in [4.78, 5) is 73.1. The molecule has 0 fully saturated rings. The van der Waals surface area contributed by atoms with Crippen molar-refractivity contribution in [1.29, 1.82) is 0 Å². The molecule has 0 aromatic rings. The first kappa shape index (κ1) is 101. The first-order valence-electron chi connectivity index (χ1n) is 43.4. The highest BCUT2D eigenvalue weighted by atomic mass is 31.2. The van der Waals surface area contributed by atoms with E-state index in [-0.39, 0.29) is 25.7 Å². The van der Waals surface area contributed by atoms with Gasteiger partial charge in [0.25, 0.3) is 0 Å². The van der Waals surface area contributed by atoms with Gasteiger partial charge >= 0.3 is 39.5 Å². The summed E-state index contributed by atoms with van der Waals surface area (Å²) in [5.41, 5.74) is 0. The molecule has 0 aliphatic rings. The van der Waals surface area contributed by atoms with E-state index in [2.05, 4.69) is 48.5 Å². The third kappa shape index (κ3) is 75.3. The SMILES string of the molecule is CCCCCCCCCCCCCCCCCCCCCCC(=O)O[C@H](COC(=O)CCCCCCCCCCCCCCCCCCC(C)C)COP(=O)(O)OC[C@@H](O)COP(=O)(O)OC[C@@H](COC(=O)CCCCCCCCC(C)CC)OC(=O)CCCCCCCCCCCCC(C)CC. The van der Waals surface area contributed by atoms with Gasteiger partial charge in [0.2, 0.25) is 0 Å². The first-order chi connectivity index (χ1) is 49.8. The van der Waals surface area contributed by atoms with Gasteiger partial charge in [-0.05, 0) is 43.4 Å². The first-order valence-corrected chi connectivity index (χ1v) is 46.4. The van der Waals surface area contributed by atoms with E-state index < -0.39 is 97.5 Å². The summed E-state index contributed by atoms with van der Waals surface area (Å²) in [7, 11) is -9.93. The monoisotopic (exact) mass is 1510 g/mol. The molecule has 3 N–H and O–H groups in total. The Morgan fingerprint density at radius 1 is 0.282 bits per heavy atom. The maximum Gasteiger partial charge on any atom is 0.472 e. The van der Waals surface area contributed by atoms with E-state index >= 15 is 0 Å². The van der Waals surface area contributed by atoms with Gasteiger partial charge in [0.1, 0.15) is 19.3 Å². The second-order valence-electron chi connectivity index (χ2n) is 31.2. The number of esters is 4. The van der Waals surface area contributed by atoms with Crippen molar-refractivity contribution in [3.05, 3.63) is 0 Å². The Bertz CT molecular complexity index is 2000. The Morgan fingerprint density at radius 2 is 0.495 bits per heavy atom. The minimum Gasteiger partial charge on any atom is -0.462 e. The second kappa shape index (κ2) is 74.2. The largest absolute Gasteiger partial charge is 0.472 e. The van der Waals surface area contributed by atoms with Gasteiger partial charge in [-0.3, -0.25) is 37.3 Å². The van der Waals surface area contributed by atoms with E-state index in [1.807, 2.05) is 0 Å². The molecule has 103 heavy (non-hydrogen) atoms. The Labute approximate surface area is 632 Å². The molecule has 612 valence electrons. The Kier molecular flexibility index (Phi) is 72.8. The predicted molar refractivity (Wildman–Crippen MR) is 423 cm³/mol. The van der Waals surface area contributed by atoms with Crippen LogP contribution in [0.4, 0.5) is 0 Å². The van der Waals surface area contributed by atoms with Crippen molar-refractivity contribution in [3.63, 3.8) is 0 Å². The molecule has 19 heteroatoms. The third-order valence-corrected chi connectivity index (χ3v) is 22.3. The zero-order chi connectivity index (χ0) is 75.8. The maximum absolute atomic E-state index is 13.1. The van der Waals surface area contributed by atoms with Crippen LogP contribution in [0.3, 0.4) is 0 Å². The Balaban J connectivity index is 5.24. The standard InChI is InChI=1S/C84H164O17P2/c1-8-11-12-13-14-15-16-17-18-19-20-21-22-27-30-33-39-44-53-60-67-83(88)100-79(71-94-81(86)65-58-51-43-38-32-29-26-24-23-25-28-31-36-41-48-55-62-75(4)5)73-98-102(90,91)96-69-78(85)70-97-103(92,93)99-74-80(72-95-82(87)66-59-52-47-46-50-57-64-77(7)10-3)101-84(89)68-61-54-45-40-35-34-37-42-49-56-63-76(6)9-2/h75-80,85H,8-74H2,1-7H3,(H,90,91)(H,92,93)/t76?,77?,78-,79-,80-/m1/s1. The average Bonchev–Trinajstić information content (AvgIpc) is 0.943. The van der Waals surface area contributed by atoms with Crippen molar-refractivity contribution < 1.29 is 80.2 Å². The number of unbranched alkanes of at least 4 members (excludes halogenated alkanes) is 48. The molecule has 7 atom stereocenters. The number of rotatable bonds is 82. The van der Waals surface area contributed by atoms with Gasteiger partial charge in [0.05, 0.1) is 26.4 Å². The molecule has 0 saturated heterocycles. The number of aliphatic hydroxyl groups excluding tert-OH is 1. The topological polar surface area (TPSA) is 237 Å². The fourth-order valence-corrected chi connectivity index (χ4v) is 14.5. The van der Waals surface area contributed by atoms with E-state index in [1.54, 1.807) is 0 Å². The van der Waals surface area contributed by atoms with Crippen LogP contribution in [0.5, 0.6) is 0 Å². The molecule has 0 saturated carbocycles. The molecule has 0 aromatic carbocycles. The lowest BCUT2D eigenvalue weighted by Crippen LogP contribution is -2.30. The number of phosphoric acid groups is 2. The summed E-state index contributed by atoms with van der Waals surface area (Å²) < 4.78 is 68.8. The lowest BCUT2D eigenvalue weighted by atomic mass is 9.99. The smallest absolute Gasteiger partial charge is 0.462 e. The minimum atomic E-state index is -4.97. The number of hydrogen-bond acceptors (Lipinski definition) is 15. The summed E-state index contributed by atoms with van der Waals surface area (Å²) in [6, 6.07) is 0. The molecule has 0 aliphatic carbocycles. The lowest BCUT2D eigenvalue weighted by molar-refractivity contribution is -0.161. The van der Waals surface area contributed by atoms with Gasteiger partial charge in [-0.2, -0.15) is 0 Å². The zero-order valence-electron chi connectivity index (χ0n) is 67.8. The van der Waals surface area contributed by atoms with Crippen LogP contribution in [0, 0.1) is 17.8 Å². The Morgan fingerprint density at radius 3 is 0.738 bits per heavy atom. The summed E-state index contributed by atoms with van der Waals surface area (Å²) in [6.45, 7) is 12.0. The fraction of sp³-hybridized carbons (Fsp3) is 0.952. The number of hydrogen-bond donors (Lipinski definition) is 3. The zero-order valence-corrected chi connectivity index (χ0v) is 69.6. The van der Waals surface area contributed by atoms with Crippen molar-refractivity contribution in [3.8, 4) is 0 Å². The molecular formula is C84H164O17P2. The van der Waals surface area contributed by atoms with Crippen LogP contribution >= 0.6 is 15.6 Å². The highest BCUT2D eigenvalue weighted by Gasteiger charge is 2.30. The molecule has 0 spiro atoms. The maximum atomic E-state index is 13.1. The van der Waals surface area contributed by atoms with Crippen molar-refractivity contribution in [2.24, 2.45) is 17.8 Å². The summed E-state index contributed by atoms with van der Waals surface area (Å²) in [5.74, 6) is 0.237. The lowest BCUT2D eigenvalue weighted by Gasteiger charge is -2.21. The molecule has 0 radical (unpaired) electrons. The van der Waals surface area contributed by atoms with E-state index in [1.165, 1.54) is 244 Å². The van der Waals surface area contributed by atoms with Crippen LogP contribution < -0.4 is 0 Å². The van der Waals surface area contributed by atoms with Crippen LogP contribution in [0.25, 0.3) is 0 Å². The third-order valence-electron chi connectivity index (χ3n) is 20.4. The predicted octanol–water partition coefficient (Wildman–Crippen LogP) is 25.3. The second-order valence-corrected chi connectivity index (χ2v) is 34.1. The normalized spacial score (nSPS) is 14.4. The average molecular weight is 1510 g/mol. The molecule has 0 rings (SSSR count). The van der Waals surface area contributed by atoms with Crippen LogP contribution in [0.15, 0.2) is 0 Å². The van der Waals surface area contributed by atoms with E-state index in [9.17, 15) is 43.2 Å². The van der Waals surface area contributed by atoms with Crippen molar-refractivity contribution in [1.82, 2.24) is 0 Å². The van der Waals surface area contributed by atoms with Gasteiger partial charge in [-0.15, -0.1) is 0 Å². The molecular weight excluding hydrogens is 1340 g/mol. The summed E-state index contributed by atoms with van der Waals surface area (Å²) >= 11 is 0. The molecule has 0 aliphatic heterocycles. The van der Waals surface area contributed by atoms with E-state index in [0.717, 1.165) is 114 Å². The molecule has 0 amide bonds. The quantitative estimate of drug-likeness (QED) is 0.0222. The van der Waals surface area contributed by atoms with Crippen molar-refractivity contribution in [2.75, 3.05) is 39.6 Å². The number of carbonyl (C=O) groups is 4. The van der Waals surface area contributed by atoms with Gasteiger partial charge in [-0.1, -0.05) is 389 Å². The molecule has 0 bridgehead atoms. The van der Waals surface area contributed by atoms with Crippen LogP contribution in [0.2, 0.25) is 0 Å². The summed E-state index contributed by atoms with van der Waals surface area (Å²) in [5, 5.41) is 10.7. The van der Waals surface area contributed by atoms with Gasteiger partial charge in [0.15, 0.2) is 12.2 Å². The molecule has 17 nitrogen and oxygen atoms in total. The molecule has 0 heterocycles. The number of phosphoric ester groups is 2. The van der Waals surface area contributed by atoms with Gasteiger partial charge in [0, 0.05) is 25.7 Å². The van der Waals surface area contributed by atoms with E-state index in [0.29, 0.717) is 25.7 Å². The highest BCUT2D eigenvalue weighted by molar-refractivity contribution is 7.47. The minimum absolute atomic E-state index is 0.105. The Hall–Kier alpha value is -1.94. The molecule has 0 aromatic heterocycles. The van der Waals surface area contributed by atoms with E-state index in [4.69, 9.17) is 37.0 Å². The van der Waals surface area contributed by atoms with Gasteiger partial charge < -0.3 is 33.8 Å². The number of aliphatic hydroxyl groups is 1. The van der Waals surface area contributed by atoms with Crippen LogP contribution in [0.1, 0.15) is 440 Å². The number of ether oxygens (including phenoxy) is 4. The van der Waals surface area contributed by atoms with Crippen molar-refractivity contribution in [2.45, 2.75) is 458 Å². The fourth-order valence-electron chi connectivity index (χ4n) is 13.0. The molecule has 4 unspecified atom stereocenters. The number of carbonyl (C=O) groups excluding carboxylic acids is 4. The van der Waals surface area contributed by atoms with Crippen molar-refractivity contribution >= 4 is 39.5 Å². The van der Waals surface area contributed by atoms with Crippen LogP contribution in [-0.4, -0.2) is 96.7 Å².